The fourth-order valence-corrected chi connectivity index (χ4v) is 2.75. The Morgan fingerprint density at radius 2 is 1.30 bits per heavy atom. The third-order valence-electron chi connectivity index (χ3n) is 3.49. The summed E-state index contributed by atoms with van der Waals surface area (Å²) in [5, 5.41) is 4.40. The predicted molar refractivity (Wildman–Crippen MR) is 89.6 cm³/mol. The maximum Gasteiger partial charge on any atom is 0.0406 e. The fourth-order valence-electron chi connectivity index (χ4n) is 2.21. The number of benzene rings is 2. The van der Waals surface area contributed by atoms with Crippen molar-refractivity contribution in [2.24, 2.45) is 0 Å². The average molecular weight is 306 g/mol. The van der Waals surface area contributed by atoms with Gasteiger partial charge in [-0.15, -0.1) is 11.8 Å². The zero-order chi connectivity index (χ0) is 14.5. The standard InChI is InChI=1S/C17H20ClNS/c1-12(14-4-8-16(18)9-5-14)19-13(2)15-6-10-17(20-3)11-7-15/h4-13,19H,1-3H3/t12-,13?/m0/s1. The van der Waals surface area contributed by atoms with Gasteiger partial charge in [0, 0.05) is 22.0 Å². The number of nitrogens with one attached hydrogen (secondary N) is 1. The Morgan fingerprint density at radius 3 is 1.75 bits per heavy atom. The van der Waals surface area contributed by atoms with Crippen LogP contribution in [0.2, 0.25) is 5.02 Å². The van der Waals surface area contributed by atoms with Crippen molar-refractivity contribution in [1.82, 2.24) is 5.32 Å². The zero-order valence-electron chi connectivity index (χ0n) is 12.1. The van der Waals surface area contributed by atoms with Gasteiger partial charge in [-0.3, -0.25) is 0 Å². The van der Waals surface area contributed by atoms with Gasteiger partial charge in [-0.2, -0.15) is 0 Å². The van der Waals surface area contributed by atoms with Gasteiger partial charge in [0.15, 0.2) is 0 Å². The molecule has 0 bridgehead atoms. The minimum atomic E-state index is 0.294. The van der Waals surface area contributed by atoms with Crippen LogP contribution in [-0.4, -0.2) is 6.26 Å². The molecule has 106 valence electrons. The van der Waals surface area contributed by atoms with Gasteiger partial charge in [-0.05, 0) is 55.5 Å². The van der Waals surface area contributed by atoms with Crippen molar-refractivity contribution in [3.8, 4) is 0 Å². The molecule has 0 amide bonds. The molecule has 0 saturated heterocycles. The van der Waals surface area contributed by atoms with Crippen molar-refractivity contribution in [2.75, 3.05) is 6.26 Å². The van der Waals surface area contributed by atoms with Crippen molar-refractivity contribution in [2.45, 2.75) is 30.8 Å². The van der Waals surface area contributed by atoms with Gasteiger partial charge in [-0.25, -0.2) is 0 Å². The fraction of sp³-hybridized carbons (Fsp3) is 0.294. The summed E-state index contributed by atoms with van der Waals surface area (Å²) in [4.78, 5) is 1.30. The number of thioether (sulfide) groups is 1. The average Bonchev–Trinajstić information content (AvgIpc) is 2.48. The summed E-state index contributed by atoms with van der Waals surface area (Å²) in [6.07, 6.45) is 2.10. The van der Waals surface area contributed by atoms with Gasteiger partial charge in [0.05, 0.1) is 0 Å². The normalized spacial score (nSPS) is 14.0. The molecule has 20 heavy (non-hydrogen) atoms. The Kier molecular flexibility index (Phi) is 5.53. The maximum absolute atomic E-state index is 5.92. The summed E-state index contributed by atoms with van der Waals surface area (Å²) in [6, 6.07) is 17.4. The molecule has 0 spiro atoms. The van der Waals surface area contributed by atoms with Crippen LogP contribution in [0, 0.1) is 0 Å². The summed E-state index contributed by atoms with van der Waals surface area (Å²) >= 11 is 7.69. The predicted octanol–water partition coefficient (Wildman–Crippen LogP) is 5.47. The molecule has 0 aromatic heterocycles. The van der Waals surface area contributed by atoms with Crippen LogP contribution in [0.5, 0.6) is 0 Å². The molecule has 0 aliphatic heterocycles. The van der Waals surface area contributed by atoms with Gasteiger partial charge < -0.3 is 5.32 Å². The SMILES string of the molecule is CSc1ccc(C(C)N[C@@H](C)c2ccc(Cl)cc2)cc1. The van der Waals surface area contributed by atoms with Crippen molar-refractivity contribution in [3.63, 3.8) is 0 Å². The highest BCUT2D eigenvalue weighted by Crippen LogP contribution is 2.22. The second-order valence-electron chi connectivity index (χ2n) is 4.93. The van der Waals surface area contributed by atoms with Crippen LogP contribution in [-0.2, 0) is 0 Å². The van der Waals surface area contributed by atoms with E-state index in [1.807, 2.05) is 12.1 Å². The molecule has 0 heterocycles. The van der Waals surface area contributed by atoms with Gasteiger partial charge in [-0.1, -0.05) is 35.9 Å². The third kappa shape index (κ3) is 4.02. The van der Waals surface area contributed by atoms with Crippen LogP contribution >= 0.6 is 23.4 Å². The van der Waals surface area contributed by atoms with Gasteiger partial charge in [0.1, 0.15) is 0 Å². The van der Waals surface area contributed by atoms with Crippen LogP contribution in [0.3, 0.4) is 0 Å². The number of hydrogen-bond acceptors (Lipinski definition) is 2. The first-order valence-electron chi connectivity index (χ1n) is 6.75. The Morgan fingerprint density at radius 1 is 0.850 bits per heavy atom. The maximum atomic E-state index is 5.92. The Hall–Kier alpha value is -0.960. The first kappa shape index (κ1) is 15.4. The molecule has 2 aromatic carbocycles. The molecular weight excluding hydrogens is 286 g/mol. The molecule has 2 atom stereocenters. The molecule has 3 heteroatoms. The van der Waals surface area contributed by atoms with E-state index in [-0.39, 0.29) is 0 Å². The van der Waals surface area contributed by atoms with Crippen LogP contribution < -0.4 is 5.32 Å². The Bertz CT molecular complexity index is 536. The number of halogens is 1. The van der Waals surface area contributed by atoms with E-state index < -0.39 is 0 Å². The van der Waals surface area contributed by atoms with E-state index in [1.54, 1.807) is 11.8 Å². The van der Waals surface area contributed by atoms with Crippen LogP contribution in [0.25, 0.3) is 0 Å². The lowest BCUT2D eigenvalue weighted by atomic mass is 10.0. The highest BCUT2D eigenvalue weighted by molar-refractivity contribution is 7.98. The minimum Gasteiger partial charge on any atom is -0.304 e. The van der Waals surface area contributed by atoms with E-state index in [1.165, 1.54) is 16.0 Å². The molecule has 1 unspecified atom stereocenters. The molecule has 2 rings (SSSR count). The lowest BCUT2D eigenvalue weighted by Crippen LogP contribution is -2.22. The van der Waals surface area contributed by atoms with E-state index in [2.05, 4.69) is 61.8 Å². The van der Waals surface area contributed by atoms with Gasteiger partial charge in [0.25, 0.3) is 0 Å². The number of hydrogen-bond donors (Lipinski definition) is 1. The minimum absolute atomic E-state index is 0.294. The summed E-state index contributed by atoms with van der Waals surface area (Å²) < 4.78 is 0. The second kappa shape index (κ2) is 7.16. The second-order valence-corrected chi connectivity index (χ2v) is 6.25. The van der Waals surface area contributed by atoms with E-state index in [0.29, 0.717) is 12.1 Å². The lowest BCUT2D eigenvalue weighted by molar-refractivity contribution is 0.494. The first-order valence-corrected chi connectivity index (χ1v) is 8.36. The monoisotopic (exact) mass is 305 g/mol. The van der Waals surface area contributed by atoms with Crippen LogP contribution in [0.1, 0.15) is 37.1 Å². The topological polar surface area (TPSA) is 12.0 Å². The summed E-state index contributed by atoms with van der Waals surface area (Å²) in [5.74, 6) is 0. The molecule has 0 fully saturated rings. The van der Waals surface area contributed by atoms with E-state index in [4.69, 9.17) is 11.6 Å². The largest absolute Gasteiger partial charge is 0.304 e. The number of rotatable bonds is 5. The lowest BCUT2D eigenvalue weighted by Gasteiger charge is -2.21. The van der Waals surface area contributed by atoms with Crippen LogP contribution in [0.4, 0.5) is 0 Å². The summed E-state index contributed by atoms with van der Waals surface area (Å²) in [6.45, 7) is 4.37. The van der Waals surface area contributed by atoms with Gasteiger partial charge in [0.2, 0.25) is 0 Å². The smallest absolute Gasteiger partial charge is 0.0406 e. The molecule has 1 N–H and O–H groups in total. The third-order valence-corrected chi connectivity index (χ3v) is 4.48. The van der Waals surface area contributed by atoms with Crippen LogP contribution in [0.15, 0.2) is 53.4 Å². The zero-order valence-corrected chi connectivity index (χ0v) is 13.6. The first-order chi connectivity index (χ1) is 9.60. The quantitative estimate of drug-likeness (QED) is 0.735. The molecule has 2 aromatic rings. The van der Waals surface area contributed by atoms with E-state index in [0.717, 1.165) is 5.02 Å². The molecular formula is C17H20ClNS. The van der Waals surface area contributed by atoms with Gasteiger partial charge >= 0.3 is 0 Å². The highest BCUT2D eigenvalue weighted by Gasteiger charge is 2.11. The highest BCUT2D eigenvalue weighted by atomic mass is 35.5. The molecule has 1 nitrogen and oxygen atoms in total. The summed E-state index contributed by atoms with van der Waals surface area (Å²) in [5.41, 5.74) is 2.56. The molecule has 0 aliphatic carbocycles. The van der Waals surface area contributed by atoms with Crippen molar-refractivity contribution in [3.05, 3.63) is 64.7 Å². The van der Waals surface area contributed by atoms with Crippen molar-refractivity contribution >= 4 is 23.4 Å². The van der Waals surface area contributed by atoms with Crippen molar-refractivity contribution in [1.29, 1.82) is 0 Å². The van der Waals surface area contributed by atoms with Crippen molar-refractivity contribution < 1.29 is 0 Å². The summed E-state index contributed by atoms with van der Waals surface area (Å²) in [7, 11) is 0. The molecule has 0 saturated carbocycles. The molecule has 0 aliphatic rings. The Labute approximate surface area is 130 Å². The van der Waals surface area contributed by atoms with E-state index in [9.17, 15) is 0 Å². The van der Waals surface area contributed by atoms with E-state index >= 15 is 0 Å². The Balaban J connectivity index is 2.02. The molecule has 0 radical (unpaired) electrons.